The summed E-state index contributed by atoms with van der Waals surface area (Å²) in [5, 5.41) is 0.254. The third-order valence-electron chi connectivity index (χ3n) is 0.913. The van der Waals surface area contributed by atoms with Crippen molar-refractivity contribution >= 4 is 29.1 Å². The second kappa shape index (κ2) is 2.52. The van der Waals surface area contributed by atoms with Crippen LogP contribution in [0, 0.1) is 0 Å². The van der Waals surface area contributed by atoms with Gasteiger partial charge in [-0.3, -0.25) is 4.79 Å². The van der Waals surface area contributed by atoms with E-state index < -0.39 is 5.91 Å². The van der Waals surface area contributed by atoms with Gasteiger partial charge in [0.2, 0.25) is 5.76 Å². The quantitative estimate of drug-likeness (QED) is 0.714. The minimum absolute atomic E-state index is 0.0640. The van der Waals surface area contributed by atoms with E-state index >= 15 is 0 Å². The number of carbonyl (C=O) groups is 1. The zero-order chi connectivity index (χ0) is 7.72. The van der Waals surface area contributed by atoms with Crippen LogP contribution >= 0.6 is 23.2 Å². The Morgan fingerprint density at radius 1 is 1.60 bits per heavy atom. The van der Waals surface area contributed by atoms with Gasteiger partial charge < -0.3 is 10.2 Å². The molecule has 0 saturated heterocycles. The second-order valence-electron chi connectivity index (χ2n) is 1.59. The standard InChI is InChI=1S/C5H3Cl2NO2/c6-2-1-10-4(3(2)7)5(8)9/h1H,(H2,8,9). The lowest BCUT2D eigenvalue weighted by Gasteiger charge is -1.85. The molecule has 0 bridgehead atoms. The van der Waals surface area contributed by atoms with Crippen LogP contribution in [-0.4, -0.2) is 5.91 Å². The molecule has 0 fully saturated rings. The van der Waals surface area contributed by atoms with Crippen LogP contribution < -0.4 is 5.73 Å². The molecule has 0 spiro atoms. The fourth-order valence-corrected chi connectivity index (χ4v) is 0.801. The Kier molecular flexibility index (Phi) is 1.87. The van der Waals surface area contributed by atoms with E-state index in [1.54, 1.807) is 0 Å². The van der Waals surface area contributed by atoms with Crippen molar-refractivity contribution in [2.45, 2.75) is 0 Å². The second-order valence-corrected chi connectivity index (χ2v) is 2.38. The minimum atomic E-state index is -0.725. The van der Waals surface area contributed by atoms with Gasteiger partial charge in [0.05, 0.1) is 5.02 Å². The SMILES string of the molecule is NC(=O)c1occ(Cl)c1Cl. The Labute approximate surface area is 66.7 Å². The largest absolute Gasteiger partial charge is 0.456 e. The molecule has 0 saturated carbocycles. The van der Waals surface area contributed by atoms with Crippen LogP contribution in [0.3, 0.4) is 0 Å². The number of amides is 1. The molecular weight excluding hydrogens is 177 g/mol. The number of furan rings is 1. The van der Waals surface area contributed by atoms with Gasteiger partial charge in [-0.1, -0.05) is 23.2 Å². The smallest absolute Gasteiger partial charge is 0.286 e. The van der Waals surface area contributed by atoms with Crippen molar-refractivity contribution in [3.05, 3.63) is 22.1 Å². The molecule has 0 atom stereocenters. The van der Waals surface area contributed by atoms with E-state index in [1.807, 2.05) is 0 Å². The number of hydrogen-bond acceptors (Lipinski definition) is 2. The van der Waals surface area contributed by atoms with Crippen molar-refractivity contribution in [2.24, 2.45) is 5.73 Å². The molecule has 0 radical (unpaired) electrons. The Hall–Kier alpha value is -0.670. The van der Waals surface area contributed by atoms with Crippen LogP contribution in [0.4, 0.5) is 0 Å². The van der Waals surface area contributed by atoms with Gasteiger partial charge in [-0.25, -0.2) is 0 Å². The fourth-order valence-electron chi connectivity index (χ4n) is 0.489. The van der Waals surface area contributed by atoms with E-state index in [0.29, 0.717) is 0 Å². The molecule has 0 aliphatic carbocycles. The highest BCUT2D eigenvalue weighted by Crippen LogP contribution is 2.26. The highest BCUT2D eigenvalue weighted by Gasteiger charge is 2.13. The first kappa shape index (κ1) is 7.44. The van der Waals surface area contributed by atoms with Gasteiger partial charge in [-0.15, -0.1) is 0 Å². The van der Waals surface area contributed by atoms with E-state index in [1.165, 1.54) is 0 Å². The van der Waals surface area contributed by atoms with Gasteiger partial charge in [0.1, 0.15) is 11.3 Å². The monoisotopic (exact) mass is 179 g/mol. The summed E-state index contributed by atoms with van der Waals surface area (Å²) in [5.74, 6) is -0.830. The first-order valence-corrected chi connectivity index (χ1v) is 3.11. The minimum Gasteiger partial charge on any atom is -0.456 e. The topological polar surface area (TPSA) is 56.2 Å². The lowest BCUT2D eigenvalue weighted by Crippen LogP contribution is -2.09. The Morgan fingerprint density at radius 2 is 2.20 bits per heavy atom. The number of carbonyl (C=O) groups excluding carboxylic acids is 1. The van der Waals surface area contributed by atoms with Crippen molar-refractivity contribution in [1.82, 2.24) is 0 Å². The van der Waals surface area contributed by atoms with Crippen LogP contribution in [0.1, 0.15) is 10.6 Å². The lowest BCUT2D eigenvalue weighted by atomic mass is 10.4. The molecular formula is C5H3Cl2NO2. The predicted octanol–water partition coefficient (Wildman–Crippen LogP) is 1.69. The zero-order valence-corrected chi connectivity index (χ0v) is 6.24. The van der Waals surface area contributed by atoms with Crippen LogP contribution in [-0.2, 0) is 0 Å². The predicted molar refractivity (Wildman–Crippen MR) is 37.2 cm³/mol. The fraction of sp³-hybridized carbons (Fsp3) is 0. The van der Waals surface area contributed by atoms with Crippen molar-refractivity contribution in [1.29, 1.82) is 0 Å². The number of rotatable bonds is 1. The molecule has 5 heteroatoms. The third-order valence-corrected chi connectivity index (χ3v) is 1.66. The van der Waals surface area contributed by atoms with Crippen LogP contribution in [0.2, 0.25) is 10.0 Å². The average Bonchev–Trinajstić information content (AvgIpc) is 2.14. The molecule has 10 heavy (non-hydrogen) atoms. The molecule has 0 unspecified atom stereocenters. The van der Waals surface area contributed by atoms with E-state index in [0.717, 1.165) is 6.26 Å². The van der Waals surface area contributed by atoms with E-state index in [-0.39, 0.29) is 15.8 Å². The summed E-state index contributed by atoms with van der Waals surface area (Å²) in [6.45, 7) is 0. The highest BCUT2D eigenvalue weighted by atomic mass is 35.5. The van der Waals surface area contributed by atoms with Gasteiger partial charge in [0, 0.05) is 0 Å². The Balaban J connectivity index is 3.17. The summed E-state index contributed by atoms with van der Waals surface area (Å²) in [4.78, 5) is 10.4. The number of nitrogens with two attached hydrogens (primary N) is 1. The average molecular weight is 180 g/mol. The highest BCUT2D eigenvalue weighted by molar-refractivity contribution is 6.43. The van der Waals surface area contributed by atoms with Crippen molar-refractivity contribution in [3.63, 3.8) is 0 Å². The maximum absolute atomic E-state index is 10.4. The van der Waals surface area contributed by atoms with Gasteiger partial charge in [-0.2, -0.15) is 0 Å². The summed E-state index contributed by atoms with van der Waals surface area (Å²) in [6.07, 6.45) is 1.16. The molecule has 1 amide bonds. The summed E-state index contributed by atoms with van der Waals surface area (Å²) in [5.41, 5.74) is 4.85. The van der Waals surface area contributed by atoms with Crippen LogP contribution in [0.5, 0.6) is 0 Å². The normalized spacial score (nSPS) is 9.80. The molecule has 1 aromatic heterocycles. The molecule has 54 valence electrons. The maximum Gasteiger partial charge on any atom is 0.286 e. The molecule has 0 aliphatic rings. The molecule has 0 aliphatic heterocycles. The Morgan fingerprint density at radius 3 is 2.40 bits per heavy atom. The lowest BCUT2D eigenvalue weighted by molar-refractivity contribution is 0.0974. The van der Waals surface area contributed by atoms with E-state index in [2.05, 4.69) is 4.42 Å². The first-order valence-electron chi connectivity index (χ1n) is 2.35. The van der Waals surface area contributed by atoms with Gasteiger partial charge in [0.15, 0.2) is 0 Å². The molecule has 0 aromatic carbocycles. The molecule has 1 rings (SSSR count). The van der Waals surface area contributed by atoms with E-state index in [9.17, 15) is 4.79 Å². The zero-order valence-electron chi connectivity index (χ0n) is 4.73. The number of halogens is 2. The molecule has 2 N–H and O–H groups in total. The summed E-state index contributed by atoms with van der Waals surface area (Å²) in [7, 11) is 0. The van der Waals surface area contributed by atoms with Crippen molar-refractivity contribution in [3.8, 4) is 0 Å². The summed E-state index contributed by atoms with van der Waals surface area (Å²) in [6, 6.07) is 0. The molecule has 1 aromatic rings. The third kappa shape index (κ3) is 1.10. The Bertz CT molecular complexity index is 269. The van der Waals surface area contributed by atoms with Crippen molar-refractivity contribution in [2.75, 3.05) is 0 Å². The van der Waals surface area contributed by atoms with Gasteiger partial charge >= 0.3 is 0 Å². The molecule has 3 nitrogen and oxygen atoms in total. The van der Waals surface area contributed by atoms with Crippen LogP contribution in [0.15, 0.2) is 10.7 Å². The molecule has 1 heterocycles. The number of primary amides is 1. The van der Waals surface area contributed by atoms with Gasteiger partial charge in [0.25, 0.3) is 5.91 Å². The maximum atomic E-state index is 10.4. The van der Waals surface area contributed by atoms with E-state index in [4.69, 9.17) is 28.9 Å². The first-order chi connectivity index (χ1) is 4.63. The summed E-state index contributed by atoms with van der Waals surface area (Å²) < 4.78 is 4.62. The van der Waals surface area contributed by atoms with Crippen molar-refractivity contribution < 1.29 is 9.21 Å². The van der Waals surface area contributed by atoms with Crippen LogP contribution in [0.25, 0.3) is 0 Å². The number of hydrogen-bond donors (Lipinski definition) is 1. The van der Waals surface area contributed by atoms with Gasteiger partial charge in [-0.05, 0) is 0 Å². The summed E-state index contributed by atoms with van der Waals surface area (Å²) >= 11 is 10.9.